The van der Waals surface area contributed by atoms with Crippen molar-refractivity contribution in [1.29, 1.82) is 0 Å². The lowest BCUT2D eigenvalue weighted by Crippen LogP contribution is -2.35. The lowest BCUT2D eigenvalue weighted by molar-refractivity contribution is -0.131. The summed E-state index contributed by atoms with van der Waals surface area (Å²) in [6, 6.07) is 5.71. The second-order valence-electron chi connectivity index (χ2n) is 4.55. The molecule has 0 heterocycles. The first-order chi connectivity index (χ1) is 6.80. The average molecular weight is 208 g/mol. The lowest BCUT2D eigenvalue weighted by atomic mass is 10.1. The Kier molecular flexibility index (Phi) is 3.15. The molecule has 0 unspecified atom stereocenters. The maximum atomic E-state index is 10.8. The van der Waals surface area contributed by atoms with Crippen LogP contribution < -0.4 is 9.22 Å². The molecule has 3 nitrogen and oxygen atoms in total. The van der Waals surface area contributed by atoms with E-state index < -0.39 is 0 Å². The largest absolute Gasteiger partial charge is 0.427 e. The van der Waals surface area contributed by atoms with Gasteiger partial charge in [0.15, 0.2) is 0 Å². The predicted molar refractivity (Wildman–Crippen MR) is 62.1 cm³/mol. The van der Waals surface area contributed by atoms with Gasteiger partial charge in [-0.2, -0.15) is 0 Å². The highest BCUT2D eigenvalue weighted by atomic mass is 16.5. The fourth-order valence-electron chi connectivity index (χ4n) is 1.61. The van der Waals surface area contributed by atoms with Crippen LogP contribution in [0.15, 0.2) is 18.2 Å². The first kappa shape index (κ1) is 11.7. The van der Waals surface area contributed by atoms with E-state index in [-0.39, 0.29) is 5.97 Å². The van der Waals surface area contributed by atoms with Crippen LogP contribution in [0.5, 0.6) is 5.75 Å². The minimum Gasteiger partial charge on any atom is -0.427 e. The summed E-state index contributed by atoms with van der Waals surface area (Å²) < 4.78 is 5.77. The van der Waals surface area contributed by atoms with Crippen molar-refractivity contribution in [3.63, 3.8) is 0 Å². The van der Waals surface area contributed by atoms with Crippen LogP contribution in [-0.4, -0.2) is 27.1 Å². The molecule has 82 valence electrons. The van der Waals surface area contributed by atoms with Crippen LogP contribution in [0.4, 0.5) is 5.69 Å². The highest BCUT2D eigenvalue weighted by Crippen LogP contribution is 2.26. The number of ether oxygens (including phenoxy) is 1. The van der Waals surface area contributed by atoms with E-state index in [2.05, 4.69) is 21.1 Å². The normalized spacial score (nSPS) is 11.3. The molecule has 3 heteroatoms. The van der Waals surface area contributed by atoms with E-state index in [4.69, 9.17) is 4.74 Å². The Morgan fingerprint density at radius 2 is 1.87 bits per heavy atom. The number of nitrogens with zero attached hydrogens (tertiary/aromatic N) is 1. The van der Waals surface area contributed by atoms with Crippen LogP contribution in [0, 0.1) is 6.92 Å². The first-order valence-electron chi connectivity index (χ1n) is 4.92. The second-order valence-corrected chi connectivity index (χ2v) is 4.55. The Morgan fingerprint density at radius 1 is 1.27 bits per heavy atom. The van der Waals surface area contributed by atoms with Crippen molar-refractivity contribution in [2.24, 2.45) is 0 Å². The molecule has 0 aliphatic rings. The Hall–Kier alpha value is -1.35. The van der Waals surface area contributed by atoms with Crippen LogP contribution >= 0.6 is 0 Å². The SMILES string of the molecule is CC(=O)Oc1ccc([N+](C)(C)C)c(C)c1. The molecule has 15 heavy (non-hydrogen) atoms. The smallest absolute Gasteiger partial charge is 0.308 e. The molecule has 0 aliphatic carbocycles. The Labute approximate surface area is 90.9 Å². The Bertz CT molecular complexity index is 378. The summed E-state index contributed by atoms with van der Waals surface area (Å²) in [5.74, 6) is 0.324. The monoisotopic (exact) mass is 208 g/mol. The third-order valence-corrected chi connectivity index (χ3v) is 2.15. The Balaban J connectivity index is 3.04. The van der Waals surface area contributed by atoms with Crippen molar-refractivity contribution < 1.29 is 9.53 Å². The van der Waals surface area contributed by atoms with Crippen LogP contribution in [-0.2, 0) is 4.79 Å². The van der Waals surface area contributed by atoms with Crippen molar-refractivity contribution in [1.82, 2.24) is 4.48 Å². The zero-order valence-corrected chi connectivity index (χ0v) is 10.00. The van der Waals surface area contributed by atoms with Gasteiger partial charge in [-0.1, -0.05) is 0 Å². The van der Waals surface area contributed by atoms with Gasteiger partial charge in [0.1, 0.15) is 11.4 Å². The van der Waals surface area contributed by atoms with Crippen molar-refractivity contribution in [3.05, 3.63) is 23.8 Å². The van der Waals surface area contributed by atoms with Crippen molar-refractivity contribution in [2.45, 2.75) is 13.8 Å². The van der Waals surface area contributed by atoms with E-state index in [9.17, 15) is 4.79 Å². The van der Waals surface area contributed by atoms with Gasteiger partial charge in [0, 0.05) is 18.6 Å². The number of esters is 1. The van der Waals surface area contributed by atoms with Gasteiger partial charge in [0.2, 0.25) is 0 Å². The Morgan fingerprint density at radius 3 is 2.27 bits per heavy atom. The highest BCUT2D eigenvalue weighted by Gasteiger charge is 2.15. The molecule has 0 atom stereocenters. The van der Waals surface area contributed by atoms with Crippen molar-refractivity contribution in [2.75, 3.05) is 21.1 Å². The summed E-state index contributed by atoms with van der Waals surface area (Å²) in [5.41, 5.74) is 2.34. The van der Waals surface area contributed by atoms with Gasteiger partial charge in [0.05, 0.1) is 21.1 Å². The zero-order valence-electron chi connectivity index (χ0n) is 10.00. The molecule has 0 bridgehead atoms. The number of hydrogen-bond acceptors (Lipinski definition) is 2. The maximum absolute atomic E-state index is 10.8. The molecule has 0 radical (unpaired) electrons. The molecule has 0 fully saturated rings. The van der Waals surface area contributed by atoms with Crippen molar-refractivity contribution >= 4 is 11.7 Å². The lowest BCUT2D eigenvalue weighted by Gasteiger charge is -2.25. The first-order valence-corrected chi connectivity index (χ1v) is 4.92. The molecule has 0 aliphatic heterocycles. The standard InChI is InChI=1S/C12H18NO2/c1-9-8-11(15-10(2)14)6-7-12(9)13(3,4)5/h6-8H,1-5H3/q+1. The number of rotatable bonds is 2. The van der Waals surface area contributed by atoms with Gasteiger partial charge in [-0.15, -0.1) is 0 Å². The third kappa shape index (κ3) is 3.06. The number of carbonyl (C=O) groups is 1. The minimum absolute atomic E-state index is 0.285. The van der Waals surface area contributed by atoms with Gasteiger partial charge in [-0.05, 0) is 19.1 Å². The van der Waals surface area contributed by atoms with E-state index in [0.717, 1.165) is 10.0 Å². The third-order valence-electron chi connectivity index (χ3n) is 2.15. The number of quaternary nitrogens is 1. The van der Waals surface area contributed by atoms with E-state index >= 15 is 0 Å². The van der Waals surface area contributed by atoms with Gasteiger partial charge in [0.25, 0.3) is 0 Å². The second kappa shape index (κ2) is 4.03. The summed E-state index contributed by atoms with van der Waals surface area (Å²) in [6.07, 6.45) is 0. The van der Waals surface area contributed by atoms with Crippen molar-refractivity contribution in [3.8, 4) is 5.75 Å². The molecule has 0 spiro atoms. The molecule has 0 amide bonds. The molecule has 0 aromatic heterocycles. The summed E-state index contributed by atoms with van der Waals surface area (Å²) in [4.78, 5) is 10.8. The van der Waals surface area contributed by atoms with Gasteiger partial charge in [-0.3, -0.25) is 9.28 Å². The highest BCUT2D eigenvalue weighted by molar-refractivity contribution is 5.69. The van der Waals surface area contributed by atoms with Crippen LogP contribution in [0.1, 0.15) is 12.5 Å². The summed E-state index contributed by atoms with van der Waals surface area (Å²) in [7, 11) is 6.31. The van der Waals surface area contributed by atoms with E-state index in [0.29, 0.717) is 5.75 Å². The molecular formula is C12H18NO2+. The zero-order chi connectivity index (χ0) is 11.6. The summed E-state index contributed by atoms with van der Waals surface area (Å²) in [6.45, 7) is 3.43. The summed E-state index contributed by atoms with van der Waals surface area (Å²) in [5, 5.41) is 0. The number of aryl methyl sites for hydroxylation is 1. The number of hydrogen-bond donors (Lipinski definition) is 0. The number of benzene rings is 1. The predicted octanol–water partition coefficient (Wildman–Crippen LogP) is 2.12. The van der Waals surface area contributed by atoms with Crippen LogP contribution in [0.2, 0.25) is 0 Å². The molecule has 1 aromatic carbocycles. The quantitative estimate of drug-likeness (QED) is 0.423. The van der Waals surface area contributed by atoms with Gasteiger partial charge < -0.3 is 4.74 Å². The maximum Gasteiger partial charge on any atom is 0.308 e. The van der Waals surface area contributed by atoms with E-state index in [1.54, 1.807) is 0 Å². The fourth-order valence-corrected chi connectivity index (χ4v) is 1.61. The fraction of sp³-hybridized carbons (Fsp3) is 0.417. The van der Waals surface area contributed by atoms with E-state index in [1.165, 1.54) is 12.6 Å². The van der Waals surface area contributed by atoms with Crippen LogP contribution in [0.3, 0.4) is 0 Å². The molecule has 0 N–H and O–H groups in total. The minimum atomic E-state index is -0.285. The molecule has 0 saturated heterocycles. The van der Waals surface area contributed by atoms with Crippen LogP contribution in [0.25, 0.3) is 0 Å². The molecule has 0 saturated carbocycles. The molecule has 1 aromatic rings. The van der Waals surface area contributed by atoms with E-state index in [1.807, 2.05) is 25.1 Å². The van der Waals surface area contributed by atoms with Gasteiger partial charge >= 0.3 is 5.97 Å². The van der Waals surface area contributed by atoms with Gasteiger partial charge in [-0.25, -0.2) is 0 Å². The number of carbonyl (C=O) groups excluding carboxylic acids is 1. The average Bonchev–Trinajstić information content (AvgIpc) is 1.99. The summed E-state index contributed by atoms with van der Waals surface area (Å²) >= 11 is 0. The topological polar surface area (TPSA) is 26.3 Å². The molecule has 1 rings (SSSR count). The molecular weight excluding hydrogens is 190 g/mol.